The van der Waals surface area contributed by atoms with E-state index in [1.807, 2.05) is 36.4 Å². The molecule has 0 saturated carbocycles. The second-order valence-electron chi connectivity index (χ2n) is 5.09. The van der Waals surface area contributed by atoms with Crippen LogP contribution in [0.2, 0.25) is 10.0 Å². The second kappa shape index (κ2) is 7.12. The Morgan fingerprint density at radius 3 is 2.25 bits per heavy atom. The van der Waals surface area contributed by atoms with E-state index in [9.17, 15) is 0 Å². The number of ether oxygens (including phenoxy) is 2. The molecule has 0 N–H and O–H groups in total. The summed E-state index contributed by atoms with van der Waals surface area (Å²) in [5.41, 5.74) is 1.56. The highest BCUT2D eigenvalue weighted by atomic mass is 35.5. The van der Waals surface area contributed by atoms with Gasteiger partial charge in [-0.25, -0.2) is 0 Å². The highest BCUT2D eigenvalue weighted by molar-refractivity contribution is 6.37. The molecular formula is C19H15Cl2NO2. The lowest BCUT2D eigenvalue weighted by molar-refractivity contribution is 0.356. The van der Waals surface area contributed by atoms with Crippen LogP contribution in [0, 0.1) is 0 Å². The first kappa shape index (κ1) is 16.6. The smallest absolute Gasteiger partial charge is 0.161 e. The second-order valence-corrected chi connectivity index (χ2v) is 5.91. The van der Waals surface area contributed by atoms with Crippen LogP contribution in [0.1, 0.15) is 11.3 Å². The first-order valence-electron chi connectivity index (χ1n) is 7.27. The van der Waals surface area contributed by atoms with Gasteiger partial charge in [0, 0.05) is 27.2 Å². The minimum atomic E-state index is 0.596. The van der Waals surface area contributed by atoms with Gasteiger partial charge < -0.3 is 9.47 Å². The number of halogens is 2. The van der Waals surface area contributed by atoms with E-state index in [1.165, 1.54) is 0 Å². The van der Waals surface area contributed by atoms with Crippen molar-refractivity contribution in [3.63, 3.8) is 0 Å². The van der Waals surface area contributed by atoms with E-state index in [1.54, 1.807) is 32.5 Å². The Morgan fingerprint density at radius 1 is 0.917 bits per heavy atom. The van der Waals surface area contributed by atoms with Gasteiger partial charge in [0.1, 0.15) is 0 Å². The molecule has 0 radical (unpaired) electrons. The molecule has 1 aromatic heterocycles. The van der Waals surface area contributed by atoms with Gasteiger partial charge >= 0.3 is 0 Å². The monoisotopic (exact) mass is 359 g/mol. The minimum Gasteiger partial charge on any atom is -0.493 e. The molecule has 122 valence electrons. The van der Waals surface area contributed by atoms with Crippen molar-refractivity contribution in [1.29, 1.82) is 0 Å². The average Bonchev–Trinajstić information content (AvgIpc) is 2.60. The third-order valence-electron chi connectivity index (χ3n) is 3.71. The maximum Gasteiger partial charge on any atom is 0.161 e. The van der Waals surface area contributed by atoms with Crippen molar-refractivity contribution in [1.82, 2.24) is 4.98 Å². The van der Waals surface area contributed by atoms with Gasteiger partial charge in [-0.2, -0.15) is 0 Å². The van der Waals surface area contributed by atoms with Crippen LogP contribution in [0.5, 0.6) is 11.5 Å². The summed E-state index contributed by atoms with van der Waals surface area (Å²) in [6.07, 6.45) is 5.51. The molecule has 0 spiro atoms. The summed E-state index contributed by atoms with van der Waals surface area (Å²) >= 11 is 12.4. The number of fused-ring (bicyclic) bond motifs is 1. The maximum absolute atomic E-state index is 6.21. The molecular weight excluding hydrogens is 345 g/mol. The largest absolute Gasteiger partial charge is 0.493 e. The van der Waals surface area contributed by atoms with E-state index in [0.717, 1.165) is 22.0 Å². The summed E-state index contributed by atoms with van der Waals surface area (Å²) in [4.78, 5) is 4.44. The van der Waals surface area contributed by atoms with E-state index in [-0.39, 0.29) is 0 Å². The highest BCUT2D eigenvalue weighted by Gasteiger charge is 2.09. The molecule has 0 unspecified atom stereocenters. The van der Waals surface area contributed by atoms with E-state index >= 15 is 0 Å². The number of aromatic nitrogens is 1. The minimum absolute atomic E-state index is 0.596. The number of rotatable bonds is 4. The fourth-order valence-corrected chi connectivity index (χ4v) is 3.01. The van der Waals surface area contributed by atoms with Gasteiger partial charge in [0.2, 0.25) is 0 Å². The van der Waals surface area contributed by atoms with Crippen LogP contribution >= 0.6 is 23.2 Å². The Hall–Kier alpha value is -2.23. The van der Waals surface area contributed by atoms with Gasteiger partial charge in [0.25, 0.3) is 0 Å². The number of nitrogens with zero attached hydrogens (tertiary/aromatic N) is 1. The lowest BCUT2D eigenvalue weighted by Crippen LogP contribution is -1.92. The van der Waals surface area contributed by atoms with Crippen LogP contribution in [0.3, 0.4) is 0 Å². The van der Waals surface area contributed by atoms with Gasteiger partial charge in [-0.1, -0.05) is 29.3 Å². The van der Waals surface area contributed by atoms with Crippen molar-refractivity contribution in [3.8, 4) is 11.5 Å². The SMILES string of the molecule is COc1cc2ccnc(/C=C/c3c(Cl)cccc3Cl)c2cc1OC. The predicted octanol–water partition coefficient (Wildman–Crippen LogP) is 5.73. The first-order chi connectivity index (χ1) is 11.6. The lowest BCUT2D eigenvalue weighted by atomic mass is 10.1. The van der Waals surface area contributed by atoms with Crippen molar-refractivity contribution in [2.45, 2.75) is 0 Å². The Kier molecular flexibility index (Phi) is 4.93. The molecule has 0 fully saturated rings. The van der Waals surface area contributed by atoms with Gasteiger partial charge in [-0.15, -0.1) is 0 Å². The fourth-order valence-electron chi connectivity index (χ4n) is 2.49. The van der Waals surface area contributed by atoms with Crippen LogP contribution in [0.25, 0.3) is 22.9 Å². The standard InChI is InChI=1S/C19H15Cl2NO2/c1-23-18-10-12-8-9-22-17(14(12)11-19(18)24-2)7-6-13-15(20)4-3-5-16(13)21/h3-11H,1-2H3/b7-6+. The van der Waals surface area contributed by atoms with Crippen molar-refractivity contribution in [2.24, 2.45) is 0 Å². The quantitative estimate of drug-likeness (QED) is 0.595. The molecule has 1 heterocycles. The highest BCUT2D eigenvalue weighted by Crippen LogP contribution is 2.34. The molecule has 0 amide bonds. The topological polar surface area (TPSA) is 31.4 Å². The molecule has 0 aliphatic rings. The van der Waals surface area contributed by atoms with Crippen molar-refractivity contribution in [2.75, 3.05) is 14.2 Å². The van der Waals surface area contributed by atoms with Crippen LogP contribution in [-0.2, 0) is 0 Å². The van der Waals surface area contributed by atoms with E-state index in [4.69, 9.17) is 32.7 Å². The molecule has 3 nitrogen and oxygen atoms in total. The Bertz CT molecular complexity index is 902. The van der Waals surface area contributed by atoms with Crippen molar-refractivity contribution < 1.29 is 9.47 Å². The molecule has 0 saturated heterocycles. The molecule has 0 aliphatic heterocycles. The lowest BCUT2D eigenvalue weighted by Gasteiger charge is -2.10. The van der Waals surface area contributed by atoms with Gasteiger partial charge in [-0.05, 0) is 47.9 Å². The third-order valence-corrected chi connectivity index (χ3v) is 4.37. The van der Waals surface area contributed by atoms with Gasteiger partial charge in [0.05, 0.1) is 19.9 Å². The molecule has 3 rings (SSSR count). The number of pyridine rings is 1. The zero-order chi connectivity index (χ0) is 17.1. The van der Waals surface area contributed by atoms with Crippen LogP contribution in [-0.4, -0.2) is 19.2 Å². The van der Waals surface area contributed by atoms with Gasteiger partial charge in [-0.3, -0.25) is 4.98 Å². The summed E-state index contributed by atoms with van der Waals surface area (Å²) in [6.45, 7) is 0. The van der Waals surface area contributed by atoms with Gasteiger partial charge in [0.15, 0.2) is 11.5 Å². The molecule has 2 aromatic carbocycles. The van der Waals surface area contributed by atoms with E-state index < -0.39 is 0 Å². The number of hydrogen-bond acceptors (Lipinski definition) is 3. The Morgan fingerprint density at radius 2 is 1.58 bits per heavy atom. The summed E-state index contributed by atoms with van der Waals surface area (Å²) < 4.78 is 10.7. The summed E-state index contributed by atoms with van der Waals surface area (Å²) in [5, 5.41) is 3.15. The first-order valence-corrected chi connectivity index (χ1v) is 8.02. The van der Waals surface area contributed by atoms with Crippen LogP contribution in [0.4, 0.5) is 0 Å². The van der Waals surface area contributed by atoms with Crippen molar-refractivity contribution in [3.05, 3.63) is 63.9 Å². The zero-order valence-electron chi connectivity index (χ0n) is 13.2. The molecule has 0 bridgehead atoms. The normalized spacial score (nSPS) is 11.2. The molecule has 5 heteroatoms. The van der Waals surface area contributed by atoms with Crippen LogP contribution < -0.4 is 9.47 Å². The number of methoxy groups -OCH3 is 2. The zero-order valence-corrected chi connectivity index (χ0v) is 14.7. The Labute approximate surface area is 150 Å². The van der Waals surface area contributed by atoms with E-state index in [0.29, 0.717) is 21.5 Å². The fraction of sp³-hybridized carbons (Fsp3) is 0.105. The molecule has 24 heavy (non-hydrogen) atoms. The number of hydrogen-bond donors (Lipinski definition) is 0. The molecule has 0 atom stereocenters. The van der Waals surface area contributed by atoms with Crippen LogP contribution in [0.15, 0.2) is 42.6 Å². The predicted molar refractivity (Wildman–Crippen MR) is 100 cm³/mol. The summed E-state index contributed by atoms with van der Waals surface area (Å²) in [5.74, 6) is 1.34. The third kappa shape index (κ3) is 3.18. The average molecular weight is 360 g/mol. The molecule has 0 aliphatic carbocycles. The van der Waals surface area contributed by atoms with Crippen molar-refractivity contribution >= 4 is 46.1 Å². The molecule has 3 aromatic rings. The maximum atomic E-state index is 6.21. The van der Waals surface area contributed by atoms with E-state index in [2.05, 4.69) is 4.98 Å². The summed E-state index contributed by atoms with van der Waals surface area (Å²) in [7, 11) is 3.23. The number of benzene rings is 2. The summed E-state index contributed by atoms with van der Waals surface area (Å²) in [6, 6.07) is 11.2. The Balaban J connectivity index is 2.11.